The Morgan fingerprint density at radius 2 is 1.59 bits per heavy atom. The van der Waals surface area contributed by atoms with E-state index in [0.29, 0.717) is 12.1 Å². The van der Waals surface area contributed by atoms with E-state index in [4.69, 9.17) is 4.74 Å². The van der Waals surface area contributed by atoms with Gasteiger partial charge in [-0.05, 0) is 66.1 Å². The number of halogens is 3. The molecule has 0 bridgehead atoms. The summed E-state index contributed by atoms with van der Waals surface area (Å²) in [6, 6.07) is 26.9. The number of rotatable bonds is 5. The highest BCUT2D eigenvalue weighted by molar-refractivity contribution is 5.36. The van der Waals surface area contributed by atoms with Gasteiger partial charge in [-0.15, -0.1) is 0 Å². The molecule has 1 aromatic heterocycles. The normalized spacial score (nSPS) is 16.6. The molecule has 1 atom stereocenters. The minimum atomic E-state index is -4.38. The lowest BCUT2D eigenvalue weighted by molar-refractivity contribution is -0.137. The van der Waals surface area contributed by atoms with E-state index >= 15 is 0 Å². The van der Waals surface area contributed by atoms with Crippen molar-refractivity contribution in [2.75, 3.05) is 6.54 Å². The maximum Gasteiger partial charge on any atom is 0.416 e. The van der Waals surface area contributed by atoms with Gasteiger partial charge in [0, 0.05) is 31.5 Å². The highest BCUT2D eigenvalue weighted by Gasteiger charge is 2.33. The number of nitrogens with zero attached hydrogens (tertiary/aromatic N) is 2. The predicted molar refractivity (Wildman–Crippen MR) is 126 cm³/mol. The van der Waals surface area contributed by atoms with Crippen LogP contribution < -0.4 is 4.74 Å². The van der Waals surface area contributed by atoms with Crippen molar-refractivity contribution in [3.8, 4) is 11.5 Å². The van der Waals surface area contributed by atoms with Crippen LogP contribution in [0.2, 0.25) is 0 Å². The summed E-state index contributed by atoms with van der Waals surface area (Å²) in [5, 5.41) is 0. The van der Waals surface area contributed by atoms with Crippen molar-refractivity contribution in [1.29, 1.82) is 0 Å². The summed E-state index contributed by atoms with van der Waals surface area (Å²) in [6.07, 6.45) is -1.46. The van der Waals surface area contributed by atoms with Crippen LogP contribution in [0.5, 0.6) is 11.5 Å². The van der Waals surface area contributed by atoms with E-state index in [-0.39, 0.29) is 6.04 Å². The molecule has 3 nitrogen and oxygen atoms in total. The molecule has 34 heavy (non-hydrogen) atoms. The highest BCUT2D eigenvalue weighted by atomic mass is 19.4. The zero-order valence-corrected chi connectivity index (χ0v) is 18.6. The molecule has 3 aromatic carbocycles. The van der Waals surface area contributed by atoms with Gasteiger partial charge in [-0.2, -0.15) is 13.2 Å². The van der Waals surface area contributed by atoms with E-state index in [9.17, 15) is 13.2 Å². The number of hydrogen-bond acceptors (Lipinski definition) is 2. The Kier molecular flexibility index (Phi) is 6.16. The summed E-state index contributed by atoms with van der Waals surface area (Å²) in [5.41, 5.74) is 2.08. The minimum absolute atomic E-state index is 0.279. The maximum atomic E-state index is 13.5. The molecule has 0 fully saturated rings. The summed E-state index contributed by atoms with van der Waals surface area (Å²) in [6.45, 7) is 2.20. The van der Waals surface area contributed by atoms with Crippen molar-refractivity contribution in [3.05, 3.63) is 120 Å². The molecule has 6 heteroatoms. The van der Waals surface area contributed by atoms with Gasteiger partial charge in [0.25, 0.3) is 0 Å². The summed E-state index contributed by atoms with van der Waals surface area (Å²) in [4.78, 5) is 2.26. The first-order valence-electron chi connectivity index (χ1n) is 11.4. The van der Waals surface area contributed by atoms with Crippen molar-refractivity contribution in [1.82, 2.24) is 9.47 Å². The smallest absolute Gasteiger partial charge is 0.416 e. The quantitative estimate of drug-likeness (QED) is 0.310. The zero-order valence-electron chi connectivity index (χ0n) is 18.6. The molecule has 2 heterocycles. The van der Waals surface area contributed by atoms with E-state index in [1.54, 1.807) is 6.07 Å². The first kappa shape index (κ1) is 22.3. The fourth-order valence-corrected chi connectivity index (χ4v) is 4.64. The first-order valence-corrected chi connectivity index (χ1v) is 11.4. The van der Waals surface area contributed by atoms with E-state index in [1.165, 1.54) is 12.1 Å². The van der Waals surface area contributed by atoms with Gasteiger partial charge in [-0.25, -0.2) is 0 Å². The van der Waals surface area contributed by atoms with Crippen molar-refractivity contribution in [3.63, 3.8) is 0 Å². The summed E-state index contributed by atoms with van der Waals surface area (Å²) < 4.78 is 48.6. The second-order valence-electron chi connectivity index (χ2n) is 8.54. The van der Waals surface area contributed by atoms with Crippen LogP contribution in [0.25, 0.3) is 0 Å². The van der Waals surface area contributed by atoms with Gasteiger partial charge in [0.15, 0.2) is 0 Å². The van der Waals surface area contributed by atoms with Gasteiger partial charge < -0.3 is 9.30 Å². The van der Waals surface area contributed by atoms with Gasteiger partial charge in [0.1, 0.15) is 11.5 Å². The molecule has 0 saturated carbocycles. The Morgan fingerprint density at radius 1 is 0.794 bits per heavy atom. The molecular formula is C28H25F3N2O. The molecule has 1 unspecified atom stereocenters. The molecule has 1 aliphatic heterocycles. The number of benzene rings is 3. The van der Waals surface area contributed by atoms with E-state index in [1.807, 2.05) is 72.9 Å². The van der Waals surface area contributed by atoms with Crippen LogP contribution >= 0.6 is 0 Å². The topological polar surface area (TPSA) is 17.4 Å². The monoisotopic (exact) mass is 462 g/mol. The number of alkyl halides is 3. The van der Waals surface area contributed by atoms with Gasteiger partial charge >= 0.3 is 6.18 Å². The van der Waals surface area contributed by atoms with E-state index < -0.39 is 11.7 Å². The van der Waals surface area contributed by atoms with Crippen LogP contribution in [0.4, 0.5) is 13.2 Å². The minimum Gasteiger partial charge on any atom is -0.457 e. The molecule has 0 aliphatic carbocycles. The Hall–Kier alpha value is -3.51. The van der Waals surface area contributed by atoms with Gasteiger partial charge in [-0.3, -0.25) is 4.90 Å². The van der Waals surface area contributed by atoms with Crippen molar-refractivity contribution < 1.29 is 17.9 Å². The molecular weight excluding hydrogens is 437 g/mol. The number of aromatic nitrogens is 1. The van der Waals surface area contributed by atoms with E-state index in [2.05, 4.69) is 9.47 Å². The third-order valence-electron chi connectivity index (χ3n) is 6.15. The van der Waals surface area contributed by atoms with Crippen LogP contribution in [0, 0.1) is 0 Å². The number of fused-ring (bicyclic) bond motifs is 1. The molecule has 0 radical (unpaired) electrons. The number of ether oxygens (including phenoxy) is 1. The lowest BCUT2D eigenvalue weighted by Gasteiger charge is -2.31. The van der Waals surface area contributed by atoms with Crippen LogP contribution in [0.1, 0.15) is 34.8 Å². The van der Waals surface area contributed by atoms with Crippen molar-refractivity contribution in [2.24, 2.45) is 0 Å². The van der Waals surface area contributed by atoms with Crippen molar-refractivity contribution in [2.45, 2.75) is 31.7 Å². The maximum absolute atomic E-state index is 13.5. The Labute approximate surface area is 197 Å². The Morgan fingerprint density at radius 3 is 2.41 bits per heavy atom. The predicted octanol–water partition coefficient (Wildman–Crippen LogP) is 7.29. The molecule has 1 aliphatic rings. The fraction of sp³-hybridized carbons (Fsp3) is 0.214. The third-order valence-corrected chi connectivity index (χ3v) is 6.15. The summed E-state index contributed by atoms with van der Waals surface area (Å²) in [5.74, 6) is 1.49. The molecule has 4 aromatic rings. The Bertz CT molecular complexity index is 1250. The average Bonchev–Trinajstić information content (AvgIpc) is 3.21. The van der Waals surface area contributed by atoms with Gasteiger partial charge in [-0.1, -0.05) is 42.5 Å². The first-order chi connectivity index (χ1) is 16.5. The number of para-hydroxylation sites is 1. The zero-order chi connectivity index (χ0) is 23.5. The molecule has 0 saturated heterocycles. The van der Waals surface area contributed by atoms with Crippen molar-refractivity contribution >= 4 is 0 Å². The molecule has 5 rings (SSSR count). The molecule has 0 amide bonds. The lowest BCUT2D eigenvalue weighted by Crippen LogP contribution is -2.29. The largest absolute Gasteiger partial charge is 0.457 e. The van der Waals surface area contributed by atoms with Gasteiger partial charge in [0.2, 0.25) is 0 Å². The molecule has 174 valence electrons. The van der Waals surface area contributed by atoms with Crippen LogP contribution in [-0.4, -0.2) is 16.0 Å². The van der Waals surface area contributed by atoms with Crippen LogP contribution in [0.15, 0.2) is 97.2 Å². The van der Waals surface area contributed by atoms with E-state index in [0.717, 1.165) is 48.3 Å². The SMILES string of the molecule is FC(F)(F)c1cccc(C2c3cccn3CCCN2Cc2cccc(Oc3ccccc3)c2)c1. The fourth-order valence-electron chi connectivity index (χ4n) is 4.64. The number of aryl methyl sites for hydroxylation is 1. The van der Waals surface area contributed by atoms with Gasteiger partial charge in [0.05, 0.1) is 11.6 Å². The van der Waals surface area contributed by atoms with Crippen LogP contribution in [0.3, 0.4) is 0 Å². The second kappa shape index (κ2) is 9.39. The number of hydrogen-bond donors (Lipinski definition) is 0. The lowest BCUT2D eigenvalue weighted by atomic mass is 9.98. The molecule has 0 N–H and O–H groups in total. The highest BCUT2D eigenvalue weighted by Crippen LogP contribution is 2.37. The van der Waals surface area contributed by atoms with Crippen LogP contribution in [-0.2, 0) is 19.3 Å². The molecule has 0 spiro atoms. The average molecular weight is 463 g/mol. The second-order valence-corrected chi connectivity index (χ2v) is 8.54. The Balaban J connectivity index is 1.47. The third kappa shape index (κ3) is 4.87. The summed E-state index contributed by atoms with van der Waals surface area (Å²) >= 11 is 0. The standard InChI is InChI=1S/C28H25F3N2O/c29-28(30,31)23-10-5-9-22(19-23)27-26-14-6-15-32(26)16-7-17-33(27)20-21-8-4-13-25(18-21)34-24-11-2-1-3-12-24/h1-6,8-15,18-19,27H,7,16-17,20H2. The summed E-state index contributed by atoms with van der Waals surface area (Å²) in [7, 11) is 0.